The van der Waals surface area contributed by atoms with Gasteiger partial charge in [-0.1, -0.05) is 6.42 Å². The molecule has 1 heterocycles. The molecule has 1 aromatic carbocycles. The number of aryl methyl sites for hydroxylation is 1. The van der Waals surface area contributed by atoms with Crippen LogP contribution in [-0.4, -0.2) is 22.7 Å². The van der Waals surface area contributed by atoms with E-state index in [2.05, 4.69) is 10.3 Å². The molecule has 2 atom stereocenters. The van der Waals surface area contributed by atoms with Gasteiger partial charge >= 0.3 is 0 Å². The molecule has 112 valence electrons. The van der Waals surface area contributed by atoms with Gasteiger partial charge in [0.05, 0.1) is 11.6 Å². The molecule has 0 spiro atoms. The van der Waals surface area contributed by atoms with Crippen molar-refractivity contribution < 1.29 is 9.50 Å². The van der Waals surface area contributed by atoms with Gasteiger partial charge in [-0.15, -0.1) is 0 Å². The second-order valence-corrected chi connectivity index (χ2v) is 6.04. The van der Waals surface area contributed by atoms with E-state index < -0.39 is 0 Å². The first-order chi connectivity index (χ1) is 10.1. The molecule has 1 fully saturated rings. The lowest BCUT2D eigenvalue weighted by Crippen LogP contribution is -2.25. The maximum absolute atomic E-state index is 13.5. The first-order valence-corrected chi connectivity index (χ1v) is 7.60. The van der Waals surface area contributed by atoms with Crippen LogP contribution >= 0.6 is 0 Å². The molecule has 2 unspecified atom stereocenters. The van der Waals surface area contributed by atoms with Gasteiger partial charge < -0.3 is 10.4 Å². The second kappa shape index (κ2) is 5.98. The van der Waals surface area contributed by atoms with Crippen LogP contribution in [0.5, 0.6) is 0 Å². The number of aromatic nitrogens is 1. The number of aliphatic hydroxyl groups excluding tert-OH is 1. The molecule has 2 aromatic rings. The summed E-state index contributed by atoms with van der Waals surface area (Å²) >= 11 is 0. The highest BCUT2D eigenvalue weighted by Crippen LogP contribution is 2.27. The molecule has 0 saturated heterocycles. The molecule has 0 amide bonds. The maximum atomic E-state index is 13.5. The van der Waals surface area contributed by atoms with Crippen LogP contribution in [0.15, 0.2) is 24.3 Å². The highest BCUT2D eigenvalue weighted by molar-refractivity contribution is 5.91. The minimum Gasteiger partial charge on any atom is -0.393 e. The molecule has 1 saturated carbocycles. The van der Waals surface area contributed by atoms with Crippen LogP contribution in [0.3, 0.4) is 0 Å². The zero-order valence-electron chi connectivity index (χ0n) is 12.3. The number of nitrogens with one attached hydrogen (secondary N) is 1. The van der Waals surface area contributed by atoms with Gasteiger partial charge in [-0.05, 0) is 56.4 Å². The number of pyridine rings is 1. The van der Waals surface area contributed by atoms with Crippen LogP contribution in [0.4, 0.5) is 10.1 Å². The Morgan fingerprint density at radius 3 is 3.00 bits per heavy atom. The van der Waals surface area contributed by atoms with Gasteiger partial charge in [-0.2, -0.15) is 0 Å². The van der Waals surface area contributed by atoms with Crippen molar-refractivity contribution in [2.75, 3.05) is 11.9 Å². The highest BCUT2D eigenvalue weighted by atomic mass is 19.1. The van der Waals surface area contributed by atoms with Crippen molar-refractivity contribution in [2.24, 2.45) is 5.92 Å². The molecular formula is C17H21FN2O. The number of halogens is 1. The second-order valence-electron chi connectivity index (χ2n) is 6.04. The number of benzene rings is 1. The molecule has 0 radical (unpaired) electrons. The van der Waals surface area contributed by atoms with E-state index in [1.165, 1.54) is 12.1 Å². The molecule has 0 bridgehead atoms. The van der Waals surface area contributed by atoms with Gasteiger partial charge in [-0.25, -0.2) is 4.39 Å². The Kier molecular flexibility index (Phi) is 4.06. The van der Waals surface area contributed by atoms with Gasteiger partial charge in [0.15, 0.2) is 0 Å². The Morgan fingerprint density at radius 1 is 1.33 bits per heavy atom. The lowest BCUT2D eigenvalue weighted by molar-refractivity contribution is 0.105. The minimum atomic E-state index is -0.246. The number of aliphatic hydroxyl groups is 1. The molecule has 1 aliphatic rings. The van der Waals surface area contributed by atoms with Crippen LogP contribution in [0.2, 0.25) is 0 Å². The van der Waals surface area contributed by atoms with Crippen molar-refractivity contribution >= 4 is 16.6 Å². The fraction of sp³-hybridized carbons (Fsp3) is 0.471. The smallest absolute Gasteiger partial charge is 0.124 e. The summed E-state index contributed by atoms with van der Waals surface area (Å²) in [5.74, 6) is 0.232. The number of anilines is 1. The Bertz CT molecular complexity index is 644. The summed E-state index contributed by atoms with van der Waals surface area (Å²) in [5, 5.41) is 14.0. The number of hydrogen-bond acceptors (Lipinski definition) is 3. The monoisotopic (exact) mass is 288 g/mol. The van der Waals surface area contributed by atoms with Gasteiger partial charge in [0, 0.05) is 23.3 Å². The van der Waals surface area contributed by atoms with Crippen LogP contribution in [-0.2, 0) is 0 Å². The third-order valence-corrected chi connectivity index (χ3v) is 4.24. The molecular weight excluding hydrogens is 267 g/mol. The maximum Gasteiger partial charge on any atom is 0.124 e. The van der Waals surface area contributed by atoms with Crippen molar-refractivity contribution in [1.29, 1.82) is 0 Å². The summed E-state index contributed by atoms with van der Waals surface area (Å²) in [6, 6.07) is 6.64. The Balaban J connectivity index is 1.81. The van der Waals surface area contributed by atoms with Gasteiger partial charge in [0.25, 0.3) is 0 Å². The average Bonchev–Trinajstić information content (AvgIpc) is 2.45. The summed E-state index contributed by atoms with van der Waals surface area (Å²) in [6.07, 6.45) is 3.82. The number of rotatable bonds is 3. The number of hydrogen-bond donors (Lipinski definition) is 2. The summed E-state index contributed by atoms with van der Waals surface area (Å²) in [5.41, 5.74) is 2.65. The molecule has 3 nitrogen and oxygen atoms in total. The zero-order valence-corrected chi connectivity index (χ0v) is 12.3. The molecule has 1 aliphatic carbocycles. The highest BCUT2D eigenvalue weighted by Gasteiger charge is 2.20. The van der Waals surface area contributed by atoms with E-state index in [1.54, 1.807) is 6.07 Å². The molecule has 4 heteroatoms. The molecule has 0 aliphatic heterocycles. The molecule has 3 rings (SSSR count). The van der Waals surface area contributed by atoms with Gasteiger partial charge in [0.2, 0.25) is 0 Å². The van der Waals surface area contributed by atoms with E-state index >= 15 is 0 Å². The Hall–Kier alpha value is -1.68. The zero-order chi connectivity index (χ0) is 14.8. The van der Waals surface area contributed by atoms with E-state index in [0.29, 0.717) is 5.92 Å². The summed E-state index contributed by atoms with van der Waals surface area (Å²) in [6.45, 7) is 2.75. The van der Waals surface area contributed by atoms with Crippen molar-refractivity contribution in [3.8, 4) is 0 Å². The van der Waals surface area contributed by atoms with Crippen LogP contribution < -0.4 is 5.32 Å². The lowest BCUT2D eigenvalue weighted by atomic mass is 9.87. The quantitative estimate of drug-likeness (QED) is 0.906. The van der Waals surface area contributed by atoms with Crippen LogP contribution in [0, 0.1) is 18.7 Å². The lowest BCUT2D eigenvalue weighted by Gasteiger charge is -2.26. The first-order valence-electron chi connectivity index (χ1n) is 7.60. The van der Waals surface area contributed by atoms with Crippen molar-refractivity contribution in [3.63, 3.8) is 0 Å². The van der Waals surface area contributed by atoms with Crippen LogP contribution in [0.25, 0.3) is 10.9 Å². The fourth-order valence-electron chi connectivity index (χ4n) is 3.18. The SMILES string of the molecule is Cc1cc(NCC2CCCC(O)C2)c2cc(F)ccc2n1. The van der Waals surface area contributed by atoms with E-state index in [0.717, 1.165) is 54.5 Å². The number of fused-ring (bicyclic) bond motifs is 1. The predicted molar refractivity (Wildman–Crippen MR) is 82.9 cm³/mol. The van der Waals surface area contributed by atoms with Crippen molar-refractivity contribution in [3.05, 3.63) is 35.8 Å². The summed E-state index contributed by atoms with van der Waals surface area (Å²) < 4.78 is 13.5. The third-order valence-electron chi connectivity index (χ3n) is 4.24. The van der Waals surface area contributed by atoms with Gasteiger partial charge in [-0.3, -0.25) is 4.98 Å². The first kappa shape index (κ1) is 14.3. The number of nitrogens with zero attached hydrogens (tertiary/aromatic N) is 1. The van der Waals surface area contributed by atoms with Crippen molar-refractivity contribution in [2.45, 2.75) is 38.7 Å². The predicted octanol–water partition coefficient (Wildman–Crippen LogP) is 3.65. The third kappa shape index (κ3) is 3.32. The summed E-state index contributed by atoms with van der Waals surface area (Å²) in [4.78, 5) is 4.44. The average molecular weight is 288 g/mol. The van der Waals surface area contributed by atoms with Crippen LogP contribution in [0.1, 0.15) is 31.4 Å². The fourth-order valence-corrected chi connectivity index (χ4v) is 3.18. The normalized spacial score (nSPS) is 22.4. The summed E-state index contributed by atoms with van der Waals surface area (Å²) in [7, 11) is 0. The Morgan fingerprint density at radius 2 is 2.19 bits per heavy atom. The Labute approximate surface area is 124 Å². The standard InChI is InChI=1S/C17H21FN2O/c1-11-7-17(15-9-13(18)5-6-16(15)20-11)19-10-12-3-2-4-14(21)8-12/h5-7,9,12,14,21H,2-4,8,10H2,1H3,(H,19,20). The molecule has 2 N–H and O–H groups in total. The van der Waals surface area contributed by atoms with Gasteiger partial charge in [0.1, 0.15) is 5.82 Å². The molecule has 1 aromatic heterocycles. The van der Waals surface area contributed by atoms with Crippen molar-refractivity contribution in [1.82, 2.24) is 4.98 Å². The largest absolute Gasteiger partial charge is 0.393 e. The topological polar surface area (TPSA) is 45.1 Å². The van der Waals surface area contributed by atoms with E-state index in [4.69, 9.17) is 0 Å². The minimum absolute atomic E-state index is 0.168. The van der Waals surface area contributed by atoms with E-state index in [9.17, 15) is 9.50 Å². The molecule has 21 heavy (non-hydrogen) atoms. The van der Waals surface area contributed by atoms with E-state index in [-0.39, 0.29) is 11.9 Å². The van der Waals surface area contributed by atoms with E-state index in [1.807, 2.05) is 13.0 Å².